The summed E-state index contributed by atoms with van der Waals surface area (Å²) in [6.07, 6.45) is 5.54. The van der Waals surface area contributed by atoms with Gasteiger partial charge in [0.25, 0.3) is 0 Å². The fourth-order valence-electron chi connectivity index (χ4n) is 0.500. The number of rotatable bonds is 3. The smallest absolute Gasteiger partial charge is 0.279 e. The lowest BCUT2D eigenvalue weighted by Crippen LogP contribution is -2.21. The van der Waals surface area contributed by atoms with Gasteiger partial charge in [-0.1, -0.05) is 39.5 Å². The summed E-state index contributed by atoms with van der Waals surface area (Å²) in [6.45, 7) is 4.46. The van der Waals surface area contributed by atoms with Crippen molar-refractivity contribution in [1.82, 2.24) is 0 Å². The van der Waals surface area contributed by atoms with Crippen molar-refractivity contribution in [2.45, 2.75) is 45.0 Å². The number of halogens is 3. The van der Waals surface area contributed by atoms with E-state index in [-0.39, 0.29) is 0 Å². The molecule has 0 aromatic rings. The van der Waals surface area contributed by atoms with Gasteiger partial charge in [0.1, 0.15) is 0 Å². The quantitative estimate of drug-likeness (QED) is 0.465. The molecule has 0 bridgehead atoms. The third kappa shape index (κ3) is 9.79. The van der Waals surface area contributed by atoms with Crippen molar-refractivity contribution in [2.75, 3.05) is 0 Å². The van der Waals surface area contributed by atoms with Crippen LogP contribution in [0.3, 0.4) is 0 Å². The summed E-state index contributed by atoms with van der Waals surface area (Å²) in [6, 6.07) is 0. The molecule has 0 amide bonds. The molecule has 0 radical (unpaired) electrons. The predicted octanol–water partition coefficient (Wildman–Crippen LogP) is 2.98. The van der Waals surface area contributed by atoms with Gasteiger partial charge in [0.15, 0.2) is 0 Å². The summed E-state index contributed by atoms with van der Waals surface area (Å²) in [5.74, 6) is 0. The van der Waals surface area contributed by atoms with E-state index in [0.717, 1.165) is 0 Å². The summed E-state index contributed by atoms with van der Waals surface area (Å²) >= 11 is 0. The van der Waals surface area contributed by atoms with Crippen LogP contribution in [0.15, 0.2) is 0 Å². The van der Waals surface area contributed by atoms with Crippen LogP contribution in [-0.4, -0.2) is 18.5 Å². The molecular weight excluding hydrogens is 221 g/mol. The lowest BCUT2D eigenvalue weighted by Gasteiger charge is -1.97. The van der Waals surface area contributed by atoms with E-state index in [1.165, 1.54) is 25.7 Å². The lowest BCUT2D eigenvalue weighted by molar-refractivity contribution is -0.0510. The van der Waals surface area contributed by atoms with Crippen molar-refractivity contribution in [3.8, 4) is 0 Å². The first-order valence-electron chi connectivity index (χ1n) is 4.20. The van der Waals surface area contributed by atoms with Crippen LogP contribution in [0, 0.1) is 0 Å². The Bertz CT molecular complexity index is 217. The molecule has 0 unspecified atom stereocenters. The summed E-state index contributed by atoms with van der Waals surface area (Å²) in [7, 11) is -5.84. The van der Waals surface area contributed by atoms with Crippen LogP contribution >= 0.6 is 0 Å². The maximum atomic E-state index is 10.7. The van der Waals surface area contributed by atoms with Crippen LogP contribution in [0.2, 0.25) is 0 Å². The fourth-order valence-corrected chi connectivity index (χ4v) is 0.500. The average Bonchev–Trinajstić information content (AvgIpc) is 1.98. The maximum absolute atomic E-state index is 10.7. The molecule has 88 valence electrons. The molecule has 0 rings (SSSR count). The van der Waals surface area contributed by atoms with E-state index in [4.69, 9.17) is 13.0 Å². The van der Waals surface area contributed by atoms with Gasteiger partial charge < -0.3 is 0 Å². The summed E-state index contributed by atoms with van der Waals surface area (Å²) in [4.78, 5) is 0. The van der Waals surface area contributed by atoms with Gasteiger partial charge in [-0.2, -0.15) is 21.6 Å². The van der Waals surface area contributed by atoms with Gasteiger partial charge in [0.05, 0.1) is 0 Å². The largest absolute Gasteiger partial charge is 0.522 e. The predicted molar refractivity (Wildman–Crippen MR) is 47.4 cm³/mol. The van der Waals surface area contributed by atoms with Crippen molar-refractivity contribution in [3.63, 3.8) is 0 Å². The van der Waals surface area contributed by atoms with Gasteiger partial charge in [0.2, 0.25) is 0 Å². The molecule has 14 heavy (non-hydrogen) atoms. The van der Waals surface area contributed by atoms with Crippen molar-refractivity contribution in [2.24, 2.45) is 0 Å². The average molecular weight is 236 g/mol. The Balaban J connectivity index is 0. The minimum absolute atomic E-state index is 1.36. The third-order valence-corrected chi connectivity index (χ3v) is 1.83. The molecule has 0 saturated carbocycles. The molecule has 0 aromatic carbocycles. The Labute approximate surface area is 82.1 Å². The molecule has 0 fully saturated rings. The van der Waals surface area contributed by atoms with Crippen LogP contribution < -0.4 is 0 Å². The zero-order valence-corrected chi connectivity index (χ0v) is 8.95. The second-order valence-electron chi connectivity index (χ2n) is 2.63. The molecule has 1 N–H and O–H groups in total. The molecule has 0 heterocycles. The molecule has 0 spiro atoms. The molecule has 0 aliphatic rings. The zero-order valence-electron chi connectivity index (χ0n) is 8.13. The van der Waals surface area contributed by atoms with Crippen molar-refractivity contribution in [1.29, 1.82) is 0 Å². The summed E-state index contributed by atoms with van der Waals surface area (Å²) < 4.78 is 57.5. The first kappa shape index (κ1) is 16.1. The second kappa shape index (κ2) is 7.05. The summed E-state index contributed by atoms with van der Waals surface area (Å²) in [5.41, 5.74) is -5.53. The minimum atomic E-state index is -5.84. The molecule has 7 heteroatoms. The molecule has 0 atom stereocenters. The number of hydrogen-bond acceptors (Lipinski definition) is 2. The van der Waals surface area contributed by atoms with E-state index < -0.39 is 15.6 Å². The van der Waals surface area contributed by atoms with Gasteiger partial charge >= 0.3 is 15.6 Å². The molecule has 3 nitrogen and oxygen atoms in total. The highest BCUT2D eigenvalue weighted by Gasteiger charge is 2.44. The van der Waals surface area contributed by atoms with Gasteiger partial charge in [-0.3, -0.25) is 4.55 Å². The highest BCUT2D eigenvalue weighted by atomic mass is 32.2. The van der Waals surface area contributed by atoms with Gasteiger partial charge in [-0.15, -0.1) is 0 Å². The standard InChI is InChI=1S/C6H14.CHF3O3S/c1-3-5-6-4-2;2-1(3,4)8(5,6)7/h3-6H2,1-2H3;(H,5,6,7). The monoisotopic (exact) mass is 236 g/mol. The summed E-state index contributed by atoms with van der Waals surface area (Å²) in [5, 5.41) is 0. The topological polar surface area (TPSA) is 54.4 Å². The van der Waals surface area contributed by atoms with E-state index in [1.54, 1.807) is 0 Å². The van der Waals surface area contributed by atoms with Gasteiger partial charge in [-0.05, 0) is 0 Å². The molecular formula is C7H15F3O3S. The molecule has 0 aliphatic heterocycles. The highest BCUT2D eigenvalue weighted by molar-refractivity contribution is 7.86. The van der Waals surface area contributed by atoms with Crippen LogP contribution in [0.5, 0.6) is 0 Å². The van der Waals surface area contributed by atoms with Crippen molar-refractivity contribution >= 4 is 10.1 Å². The van der Waals surface area contributed by atoms with Crippen LogP contribution in [0.25, 0.3) is 0 Å². The molecule has 0 saturated heterocycles. The Kier molecular flexibility index (Phi) is 8.13. The van der Waals surface area contributed by atoms with Crippen molar-refractivity contribution in [3.05, 3.63) is 0 Å². The van der Waals surface area contributed by atoms with E-state index >= 15 is 0 Å². The highest BCUT2D eigenvalue weighted by Crippen LogP contribution is 2.20. The van der Waals surface area contributed by atoms with E-state index in [2.05, 4.69) is 13.8 Å². The Hall–Kier alpha value is -0.300. The fraction of sp³-hybridized carbons (Fsp3) is 1.00. The SMILES string of the molecule is CCCCCC.O=S(=O)(O)C(F)(F)F. The normalized spacial score (nSPS) is 11.9. The zero-order chi connectivity index (χ0) is 11.8. The van der Waals surface area contributed by atoms with E-state index in [9.17, 15) is 13.2 Å². The number of alkyl halides is 3. The Morgan fingerprint density at radius 2 is 1.29 bits per heavy atom. The lowest BCUT2D eigenvalue weighted by atomic mass is 10.2. The first-order chi connectivity index (χ1) is 6.16. The molecule has 0 aromatic heterocycles. The van der Waals surface area contributed by atoms with Crippen LogP contribution in [-0.2, 0) is 10.1 Å². The Morgan fingerprint density at radius 3 is 1.36 bits per heavy atom. The Morgan fingerprint density at radius 1 is 1.07 bits per heavy atom. The third-order valence-electron chi connectivity index (χ3n) is 1.25. The van der Waals surface area contributed by atoms with Gasteiger partial charge in [0, 0.05) is 0 Å². The second-order valence-corrected chi connectivity index (χ2v) is 4.04. The van der Waals surface area contributed by atoms with Crippen molar-refractivity contribution < 1.29 is 26.1 Å². The number of hydrogen-bond donors (Lipinski definition) is 1. The molecule has 0 aliphatic carbocycles. The van der Waals surface area contributed by atoms with Crippen LogP contribution in [0.1, 0.15) is 39.5 Å². The van der Waals surface area contributed by atoms with E-state index in [1.807, 2.05) is 0 Å². The minimum Gasteiger partial charge on any atom is -0.279 e. The van der Waals surface area contributed by atoms with E-state index in [0.29, 0.717) is 0 Å². The maximum Gasteiger partial charge on any atom is 0.522 e. The first-order valence-corrected chi connectivity index (χ1v) is 5.64. The van der Waals surface area contributed by atoms with Crippen LogP contribution in [0.4, 0.5) is 13.2 Å². The number of unbranched alkanes of at least 4 members (excludes halogenated alkanes) is 3. The van der Waals surface area contributed by atoms with Gasteiger partial charge in [-0.25, -0.2) is 0 Å².